The highest BCUT2D eigenvalue weighted by atomic mass is 16.5. The molecular formula is C21H27NO3. The number of hydrogen-bond acceptors (Lipinski definition) is 3. The summed E-state index contributed by atoms with van der Waals surface area (Å²) in [5, 5.41) is 2.98. The maximum atomic E-state index is 12.1. The smallest absolute Gasteiger partial charge is 0.220 e. The first-order valence-corrected chi connectivity index (χ1v) is 8.60. The lowest BCUT2D eigenvalue weighted by Crippen LogP contribution is -2.36. The van der Waals surface area contributed by atoms with Crippen molar-refractivity contribution in [2.75, 3.05) is 13.7 Å². The zero-order valence-electron chi connectivity index (χ0n) is 15.5. The van der Waals surface area contributed by atoms with Crippen molar-refractivity contribution in [2.45, 2.75) is 39.7 Å². The van der Waals surface area contributed by atoms with E-state index in [1.807, 2.05) is 57.2 Å². The second-order valence-electron chi connectivity index (χ2n) is 6.40. The molecule has 4 heteroatoms. The summed E-state index contributed by atoms with van der Waals surface area (Å²) >= 11 is 0. The fourth-order valence-electron chi connectivity index (χ4n) is 2.60. The van der Waals surface area contributed by atoms with Gasteiger partial charge in [-0.3, -0.25) is 4.79 Å². The first kappa shape index (κ1) is 18.8. The van der Waals surface area contributed by atoms with Crippen LogP contribution in [0.5, 0.6) is 11.5 Å². The Morgan fingerprint density at radius 3 is 2.48 bits per heavy atom. The molecule has 0 heterocycles. The van der Waals surface area contributed by atoms with Crippen molar-refractivity contribution in [1.82, 2.24) is 5.32 Å². The van der Waals surface area contributed by atoms with Crippen molar-refractivity contribution in [1.29, 1.82) is 0 Å². The first-order valence-electron chi connectivity index (χ1n) is 8.60. The number of carbonyl (C=O) groups excluding carboxylic acids is 1. The normalized spacial score (nSPS) is 11.7. The van der Waals surface area contributed by atoms with Crippen molar-refractivity contribution in [3.8, 4) is 11.5 Å². The Balaban J connectivity index is 1.73. The van der Waals surface area contributed by atoms with Gasteiger partial charge in [0.25, 0.3) is 0 Å². The van der Waals surface area contributed by atoms with Crippen LogP contribution in [0.25, 0.3) is 0 Å². The molecule has 25 heavy (non-hydrogen) atoms. The standard InChI is InChI=1S/C21H27NO3/c1-15-5-9-19(10-6-15)25-14-17(3)22-21(23)12-8-18-7-11-20(24-4)16(2)13-18/h5-7,9-11,13,17H,8,12,14H2,1-4H3,(H,22,23)/t17-/m1/s1. The quantitative estimate of drug-likeness (QED) is 0.794. The van der Waals surface area contributed by atoms with E-state index in [0.29, 0.717) is 19.4 Å². The molecule has 0 saturated carbocycles. The number of methoxy groups -OCH3 is 1. The average Bonchev–Trinajstić information content (AvgIpc) is 2.59. The first-order chi connectivity index (χ1) is 12.0. The summed E-state index contributed by atoms with van der Waals surface area (Å²) in [5.74, 6) is 1.73. The van der Waals surface area contributed by atoms with Gasteiger partial charge in [-0.25, -0.2) is 0 Å². The van der Waals surface area contributed by atoms with Crippen LogP contribution in [0.1, 0.15) is 30.0 Å². The molecule has 1 amide bonds. The van der Waals surface area contributed by atoms with Crippen LogP contribution in [0, 0.1) is 13.8 Å². The van der Waals surface area contributed by atoms with Gasteiger partial charge in [-0.1, -0.05) is 29.8 Å². The highest BCUT2D eigenvalue weighted by Crippen LogP contribution is 2.19. The molecule has 0 aliphatic heterocycles. The monoisotopic (exact) mass is 341 g/mol. The summed E-state index contributed by atoms with van der Waals surface area (Å²) in [7, 11) is 1.66. The minimum absolute atomic E-state index is 0.0356. The Hall–Kier alpha value is -2.49. The molecule has 0 saturated heterocycles. The summed E-state index contributed by atoms with van der Waals surface area (Å²) in [6, 6.07) is 13.9. The van der Waals surface area contributed by atoms with Gasteiger partial charge in [0.1, 0.15) is 18.1 Å². The summed E-state index contributed by atoms with van der Waals surface area (Å²) in [4.78, 5) is 12.1. The number of aryl methyl sites for hydroxylation is 3. The highest BCUT2D eigenvalue weighted by Gasteiger charge is 2.09. The Bertz CT molecular complexity index is 695. The van der Waals surface area contributed by atoms with E-state index in [9.17, 15) is 4.79 Å². The number of ether oxygens (including phenoxy) is 2. The maximum absolute atomic E-state index is 12.1. The van der Waals surface area contributed by atoms with E-state index in [1.165, 1.54) is 5.56 Å². The third-order valence-electron chi connectivity index (χ3n) is 4.03. The van der Waals surface area contributed by atoms with Crippen LogP contribution in [0.3, 0.4) is 0 Å². The van der Waals surface area contributed by atoms with Crippen molar-refractivity contribution < 1.29 is 14.3 Å². The Labute approximate surface area is 150 Å². The molecule has 0 radical (unpaired) electrons. The number of nitrogens with one attached hydrogen (secondary N) is 1. The molecule has 4 nitrogen and oxygen atoms in total. The van der Waals surface area contributed by atoms with Gasteiger partial charge in [-0.05, 0) is 56.5 Å². The van der Waals surface area contributed by atoms with Gasteiger partial charge >= 0.3 is 0 Å². The molecule has 1 N–H and O–H groups in total. The van der Waals surface area contributed by atoms with Crippen molar-refractivity contribution in [2.24, 2.45) is 0 Å². The lowest BCUT2D eigenvalue weighted by molar-refractivity contribution is -0.121. The second kappa shape index (κ2) is 9.11. The minimum atomic E-state index is -0.0357. The Morgan fingerprint density at radius 2 is 1.84 bits per heavy atom. The van der Waals surface area contributed by atoms with Crippen LogP contribution in [0.2, 0.25) is 0 Å². The van der Waals surface area contributed by atoms with Crippen molar-refractivity contribution in [3.05, 3.63) is 59.2 Å². The van der Waals surface area contributed by atoms with Crippen molar-refractivity contribution in [3.63, 3.8) is 0 Å². The number of amides is 1. The fraction of sp³-hybridized carbons (Fsp3) is 0.381. The van der Waals surface area contributed by atoms with E-state index in [2.05, 4.69) is 11.4 Å². The van der Waals surface area contributed by atoms with E-state index >= 15 is 0 Å². The van der Waals surface area contributed by atoms with Gasteiger partial charge in [-0.2, -0.15) is 0 Å². The molecule has 0 fully saturated rings. The minimum Gasteiger partial charge on any atom is -0.496 e. The van der Waals surface area contributed by atoms with Crippen molar-refractivity contribution >= 4 is 5.91 Å². The highest BCUT2D eigenvalue weighted by molar-refractivity contribution is 5.76. The predicted molar refractivity (Wildman–Crippen MR) is 100 cm³/mol. The van der Waals surface area contributed by atoms with E-state index < -0.39 is 0 Å². The molecule has 0 spiro atoms. The second-order valence-corrected chi connectivity index (χ2v) is 6.40. The van der Waals surface area contributed by atoms with Gasteiger partial charge in [0.05, 0.1) is 13.2 Å². The largest absolute Gasteiger partial charge is 0.496 e. The molecule has 2 aromatic carbocycles. The van der Waals surface area contributed by atoms with Gasteiger partial charge in [0, 0.05) is 6.42 Å². The molecule has 1 atom stereocenters. The molecule has 0 aromatic heterocycles. The van der Waals surface area contributed by atoms with Crippen LogP contribution in [-0.2, 0) is 11.2 Å². The third kappa shape index (κ3) is 6.14. The van der Waals surface area contributed by atoms with Gasteiger partial charge in [-0.15, -0.1) is 0 Å². The number of benzene rings is 2. The van der Waals surface area contributed by atoms with Gasteiger partial charge < -0.3 is 14.8 Å². The molecule has 0 bridgehead atoms. The summed E-state index contributed by atoms with van der Waals surface area (Å²) in [5.41, 5.74) is 3.42. The zero-order chi connectivity index (χ0) is 18.2. The van der Waals surface area contributed by atoms with Crippen LogP contribution in [0.15, 0.2) is 42.5 Å². The molecule has 2 rings (SSSR count). The molecular weight excluding hydrogens is 314 g/mol. The fourth-order valence-corrected chi connectivity index (χ4v) is 2.60. The molecule has 134 valence electrons. The van der Waals surface area contributed by atoms with E-state index in [-0.39, 0.29) is 11.9 Å². The topological polar surface area (TPSA) is 47.6 Å². The Morgan fingerprint density at radius 1 is 1.12 bits per heavy atom. The molecule has 2 aromatic rings. The van der Waals surface area contributed by atoms with Crippen LogP contribution < -0.4 is 14.8 Å². The van der Waals surface area contributed by atoms with E-state index in [1.54, 1.807) is 7.11 Å². The molecule has 0 aliphatic carbocycles. The lowest BCUT2D eigenvalue weighted by atomic mass is 10.1. The summed E-state index contributed by atoms with van der Waals surface area (Å²) in [6.45, 7) is 6.45. The predicted octanol–water partition coefficient (Wildman–Crippen LogP) is 3.83. The van der Waals surface area contributed by atoms with E-state index in [4.69, 9.17) is 9.47 Å². The van der Waals surface area contributed by atoms with E-state index in [0.717, 1.165) is 22.6 Å². The number of hydrogen-bond donors (Lipinski definition) is 1. The van der Waals surface area contributed by atoms with Gasteiger partial charge in [0.15, 0.2) is 0 Å². The molecule has 0 aliphatic rings. The van der Waals surface area contributed by atoms with Crippen LogP contribution in [0.4, 0.5) is 0 Å². The zero-order valence-corrected chi connectivity index (χ0v) is 15.5. The average molecular weight is 341 g/mol. The summed E-state index contributed by atoms with van der Waals surface area (Å²) < 4.78 is 11.0. The number of carbonyl (C=O) groups is 1. The summed E-state index contributed by atoms with van der Waals surface area (Å²) in [6.07, 6.45) is 1.17. The SMILES string of the molecule is COc1ccc(CCC(=O)N[C@H](C)COc2ccc(C)cc2)cc1C. The Kier molecular flexibility index (Phi) is 6.87. The molecule has 0 unspecified atom stereocenters. The third-order valence-corrected chi connectivity index (χ3v) is 4.03. The van der Waals surface area contributed by atoms with Crippen LogP contribution in [-0.4, -0.2) is 25.7 Å². The maximum Gasteiger partial charge on any atom is 0.220 e. The van der Waals surface area contributed by atoms with Crippen LogP contribution >= 0.6 is 0 Å². The number of rotatable bonds is 8. The van der Waals surface area contributed by atoms with Gasteiger partial charge in [0.2, 0.25) is 5.91 Å². The lowest BCUT2D eigenvalue weighted by Gasteiger charge is -2.15.